The van der Waals surface area contributed by atoms with Crippen LogP contribution in [0.1, 0.15) is 40.5 Å². The van der Waals surface area contributed by atoms with Crippen LogP contribution in [-0.4, -0.2) is 44.2 Å². The van der Waals surface area contributed by atoms with Crippen LogP contribution in [-0.2, 0) is 10.0 Å². The molecule has 1 aliphatic heterocycles. The molecule has 0 spiro atoms. The van der Waals surface area contributed by atoms with Crippen LogP contribution in [0.3, 0.4) is 0 Å². The number of halogens is 1. The highest BCUT2D eigenvalue weighted by Gasteiger charge is 2.40. The van der Waals surface area contributed by atoms with Crippen molar-refractivity contribution in [2.45, 2.75) is 24.7 Å². The minimum Gasteiger partial charge on any atom is -0.352 e. The zero-order valence-electron chi connectivity index (χ0n) is 12.7. The monoisotopic (exact) mass is 361 g/mol. The lowest BCUT2D eigenvalue weighted by molar-refractivity contribution is 0.0874. The molecule has 0 atom stereocenters. The van der Waals surface area contributed by atoms with Crippen molar-refractivity contribution in [1.82, 2.24) is 9.62 Å². The second-order valence-electron chi connectivity index (χ2n) is 4.94. The molecule has 0 fully saturated rings. The Hall–Kier alpha value is -1.64. The Bertz CT molecular complexity index is 706. The number of unbranched alkanes of at least 4 members (excludes halogenated alkanes) is 1. The number of amides is 2. The van der Waals surface area contributed by atoms with E-state index in [1.165, 1.54) is 18.2 Å². The molecule has 9 heteroatoms. The highest BCUT2D eigenvalue weighted by molar-refractivity contribution is 7.90. The largest absolute Gasteiger partial charge is 0.352 e. The lowest BCUT2D eigenvalue weighted by Gasteiger charge is -2.11. The minimum absolute atomic E-state index is 0. The van der Waals surface area contributed by atoms with E-state index in [-0.39, 0.29) is 40.9 Å². The van der Waals surface area contributed by atoms with E-state index in [0.717, 1.165) is 17.1 Å². The summed E-state index contributed by atoms with van der Waals surface area (Å²) in [7, 11) is -3.84. The molecule has 2 rings (SSSR count). The van der Waals surface area contributed by atoms with Crippen molar-refractivity contribution in [3.8, 4) is 0 Å². The first-order chi connectivity index (χ1) is 10.4. The Morgan fingerprint density at radius 3 is 2.61 bits per heavy atom. The molecule has 1 aromatic rings. The van der Waals surface area contributed by atoms with Gasteiger partial charge in [-0.15, -0.1) is 12.4 Å². The number of nitrogens with two attached hydrogens (primary N) is 1. The van der Waals surface area contributed by atoms with Crippen LogP contribution in [0.25, 0.3) is 0 Å². The molecule has 3 N–H and O–H groups in total. The van der Waals surface area contributed by atoms with Crippen LogP contribution >= 0.6 is 12.4 Å². The summed E-state index contributed by atoms with van der Waals surface area (Å²) in [6.45, 7) is 2.69. The molecular formula is C14H20ClN3O4S. The van der Waals surface area contributed by atoms with Crippen LogP contribution in [0.15, 0.2) is 23.1 Å². The van der Waals surface area contributed by atoms with Crippen LogP contribution in [0, 0.1) is 0 Å². The summed E-state index contributed by atoms with van der Waals surface area (Å²) in [6.07, 6.45) is 1.56. The lowest BCUT2D eigenvalue weighted by atomic mass is 10.1. The first-order valence-corrected chi connectivity index (χ1v) is 8.57. The third-order valence-electron chi connectivity index (χ3n) is 3.47. The SMILES string of the molecule is CCN1C(=O)c2ccc(C(=O)NCCCCN)cc2S1(=O)=O.Cl. The Morgan fingerprint density at radius 2 is 2.00 bits per heavy atom. The molecule has 128 valence electrons. The number of nitrogens with one attached hydrogen (secondary N) is 1. The zero-order valence-corrected chi connectivity index (χ0v) is 14.4. The molecular weight excluding hydrogens is 342 g/mol. The summed E-state index contributed by atoms with van der Waals surface area (Å²) in [5, 5.41) is 2.70. The van der Waals surface area contributed by atoms with Crippen LogP contribution < -0.4 is 11.1 Å². The average molecular weight is 362 g/mol. The van der Waals surface area contributed by atoms with E-state index in [2.05, 4.69) is 5.32 Å². The molecule has 0 aromatic heterocycles. The Morgan fingerprint density at radius 1 is 1.30 bits per heavy atom. The van der Waals surface area contributed by atoms with Crippen LogP contribution in [0.4, 0.5) is 0 Å². The van der Waals surface area contributed by atoms with E-state index in [4.69, 9.17) is 5.73 Å². The van der Waals surface area contributed by atoms with Crippen molar-refractivity contribution < 1.29 is 18.0 Å². The van der Waals surface area contributed by atoms with Crippen LogP contribution in [0.5, 0.6) is 0 Å². The third kappa shape index (κ3) is 3.65. The summed E-state index contributed by atoms with van der Waals surface area (Å²) in [5.74, 6) is -0.912. The number of benzene rings is 1. The van der Waals surface area contributed by atoms with E-state index in [9.17, 15) is 18.0 Å². The summed E-state index contributed by atoms with van der Waals surface area (Å²) in [5.41, 5.74) is 5.71. The van der Waals surface area contributed by atoms with Gasteiger partial charge in [-0.25, -0.2) is 12.7 Å². The van der Waals surface area contributed by atoms with E-state index in [0.29, 0.717) is 13.1 Å². The van der Waals surface area contributed by atoms with Crippen molar-refractivity contribution in [1.29, 1.82) is 0 Å². The third-order valence-corrected chi connectivity index (χ3v) is 5.37. The number of rotatable bonds is 6. The number of nitrogens with zero attached hydrogens (tertiary/aromatic N) is 1. The van der Waals surface area contributed by atoms with Gasteiger partial charge in [-0.1, -0.05) is 0 Å². The van der Waals surface area contributed by atoms with Gasteiger partial charge in [-0.3, -0.25) is 9.59 Å². The Balaban J connectivity index is 0.00000264. The maximum Gasteiger partial charge on any atom is 0.268 e. The molecule has 0 unspecified atom stereocenters. The van der Waals surface area contributed by atoms with Gasteiger partial charge in [0.25, 0.3) is 21.8 Å². The molecule has 2 amide bonds. The smallest absolute Gasteiger partial charge is 0.268 e. The minimum atomic E-state index is -3.84. The van der Waals surface area contributed by atoms with E-state index in [1.807, 2.05) is 0 Å². The van der Waals surface area contributed by atoms with E-state index >= 15 is 0 Å². The van der Waals surface area contributed by atoms with Crippen LogP contribution in [0.2, 0.25) is 0 Å². The molecule has 7 nitrogen and oxygen atoms in total. The number of fused-ring (bicyclic) bond motifs is 1. The molecule has 0 aliphatic carbocycles. The second-order valence-corrected chi connectivity index (χ2v) is 6.77. The second kappa shape index (κ2) is 7.76. The van der Waals surface area contributed by atoms with Gasteiger partial charge in [0.15, 0.2) is 0 Å². The molecule has 1 aromatic carbocycles. The zero-order chi connectivity index (χ0) is 16.3. The summed E-state index contributed by atoms with van der Waals surface area (Å²) >= 11 is 0. The molecule has 1 aliphatic rings. The fourth-order valence-electron chi connectivity index (χ4n) is 2.30. The maximum atomic E-state index is 12.3. The van der Waals surface area contributed by atoms with Crippen molar-refractivity contribution in [2.24, 2.45) is 5.73 Å². The quantitative estimate of drug-likeness (QED) is 0.726. The Labute approximate surface area is 141 Å². The van der Waals surface area contributed by atoms with Crippen molar-refractivity contribution in [2.75, 3.05) is 19.6 Å². The molecule has 0 saturated carbocycles. The van der Waals surface area contributed by atoms with Gasteiger partial charge in [0, 0.05) is 18.7 Å². The summed E-state index contributed by atoms with van der Waals surface area (Å²) < 4.78 is 25.3. The average Bonchev–Trinajstić information content (AvgIpc) is 2.69. The van der Waals surface area contributed by atoms with Gasteiger partial charge >= 0.3 is 0 Å². The topological polar surface area (TPSA) is 110 Å². The number of sulfonamides is 1. The standard InChI is InChI=1S/C14H19N3O4S.ClH/c1-2-17-14(19)11-6-5-10(9-12(11)22(17,20)21)13(18)16-8-4-3-7-15;/h5-6,9H,2-4,7-8,15H2,1H3,(H,16,18);1H. The predicted molar refractivity (Wildman–Crippen MR) is 88.2 cm³/mol. The van der Waals surface area contributed by atoms with Crippen molar-refractivity contribution >= 4 is 34.2 Å². The number of hydrogen-bond donors (Lipinski definition) is 2. The highest BCUT2D eigenvalue weighted by atomic mass is 35.5. The lowest BCUT2D eigenvalue weighted by Crippen LogP contribution is -2.29. The molecule has 0 bridgehead atoms. The van der Waals surface area contributed by atoms with Gasteiger partial charge in [0.05, 0.1) is 5.56 Å². The molecule has 23 heavy (non-hydrogen) atoms. The van der Waals surface area contributed by atoms with Gasteiger partial charge in [0.2, 0.25) is 0 Å². The van der Waals surface area contributed by atoms with Gasteiger partial charge < -0.3 is 11.1 Å². The molecule has 0 radical (unpaired) electrons. The normalized spacial score (nSPS) is 15.0. The fraction of sp³-hybridized carbons (Fsp3) is 0.429. The molecule has 0 saturated heterocycles. The number of carbonyl (C=O) groups excluding carboxylic acids is 2. The Kier molecular flexibility index (Phi) is 6.55. The first-order valence-electron chi connectivity index (χ1n) is 7.13. The number of carbonyl (C=O) groups is 2. The van der Waals surface area contributed by atoms with Gasteiger partial charge in [-0.05, 0) is 44.5 Å². The van der Waals surface area contributed by atoms with Gasteiger partial charge in [0.1, 0.15) is 4.90 Å². The van der Waals surface area contributed by atoms with E-state index in [1.54, 1.807) is 6.92 Å². The van der Waals surface area contributed by atoms with Gasteiger partial charge in [-0.2, -0.15) is 0 Å². The molecule has 1 heterocycles. The maximum absolute atomic E-state index is 12.3. The predicted octanol–water partition coefficient (Wildman–Crippen LogP) is 0.742. The van der Waals surface area contributed by atoms with E-state index < -0.39 is 15.9 Å². The van der Waals surface area contributed by atoms with Crippen molar-refractivity contribution in [3.63, 3.8) is 0 Å². The fourth-order valence-corrected chi connectivity index (χ4v) is 3.91. The first kappa shape index (κ1) is 19.4. The summed E-state index contributed by atoms with van der Waals surface area (Å²) in [4.78, 5) is 23.9. The summed E-state index contributed by atoms with van der Waals surface area (Å²) in [6, 6.07) is 4.11. The highest BCUT2D eigenvalue weighted by Crippen LogP contribution is 2.30. The van der Waals surface area contributed by atoms with Crippen molar-refractivity contribution in [3.05, 3.63) is 29.3 Å². The number of hydrogen-bond acceptors (Lipinski definition) is 5.